The van der Waals surface area contributed by atoms with Crippen molar-refractivity contribution in [1.82, 2.24) is 10.2 Å². The fourth-order valence-electron chi connectivity index (χ4n) is 2.70. The van der Waals surface area contributed by atoms with Crippen molar-refractivity contribution in [1.29, 1.82) is 0 Å². The number of carbonyl (C=O) groups is 1. The van der Waals surface area contributed by atoms with E-state index in [1.54, 1.807) is 18.2 Å². The number of carbonyl (C=O) groups excluding carboxylic acids is 1. The lowest BCUT2D eigenvalue weighted by molar-refractivity contribution is -0.158. The summed E-state index contributed by atoms with van der Waals surface area (Å²) >= 11 is 0. The summed E-state index contributed by atoms with van der Waals surface area (Å²) < 4.78 is 51.0. The van der Waals surface area contributed by atoms with Gasteiger partial charge in [0.25, 0.3) is 0 Å². The molecule has 22 heavy (non-hydrogen) atoms. The maximum absolute atomic E-state index is 13.8. The Kier molecular flexibility index (Phi) is 5.05. The van der Waals surface area contributed by atoms with E-state index in [2.05, 4.69) is 5.32 Å². The Hall–Kier alpha value is -1.63. The van der Waals surface area contributed by atoms with E-state index in [9.17, 15) is 22.4 Å². The molecule has 1 aromatic rings. The topological polar surface area (TPSA) is 32.3 Å². The van der Waals surface area contributed by atoms with E-state index >= 15 is 0 Å². The fraction of sp³-hybridized carbons (Fsp3) is 0.533. The first-order chi connectivity index (χ1) is 10.3. The highest BCUT2D eigenvalue weighted by atomic mass is 19.4. The summed E-state index contributed by atoms with van der Waals surface area (Å²) in [6.07, 6.45) is -3.58. The van der Waals surface area contributed by atoms with Gasteiger partial charge in [-0.15, -0.1) is 0 Å². The van der Waals surface area contributed by atoms with E-state index in [-0.39, 0.29) is 12.4 Å². The van der Waals surface area contributed by atoms with Gasteiger partial charge < -0.3 is 4.90 Å². The van der Waals surface area contributed by atoms with Gasteiger partial charge in [-0.05, 0) is 18.9 Å². The number of nitrogens with zero attached hydrogens (tertiary/aromatic N) is 1. The van der Waals surface area contributed by atoms with Crippen LogP contribution in [0.15, 0.2) is 24.3 Å². The Morgan fingerprint density at radius 2 is 2.05 bits per heavy atom. The zero-order chi connectivity index (χ0) is 16.3. The highest BCUT2D eigenvalue weighted by molar-refractivity contribution is 5.84. The first kappa shape index (κ1) is 16.7. The van der Waals surface area contributed by atoms with E-state index < -0.39 is 30.7 Å². The van der Waals surface area contributed by atoms with E-state index in [1.807, 2.05) is 6.92 Å². The maximum atomic E-state index is 13.8. The van der Waals surface area contributed by atoms with Crippen molar-refractivity contribution in [2.75, 3.05) is 13.1 Å². The zero-order valence-corrected chi connectivity index (χ0v) is 12.2. The molecule has 0 aliphatic carbocycles. The first-order valence-electron chi connectivity index (χ1n) is 7.18. The second-order valence-electron chi connectivity index (χ2n) is 5.37. The second-order valence-corrected chi connectivity index (χ2v) is 5.37. The number of nitrogens with one attached hydrogen (secondary N) is 1. The van der Waals surface area contributed by atoms with Gasteiger partial charge in [0, 0.05) is 18.2 Å². The molecular weight excluding hydrogens is 300 g/mol. The molecule has 1 amide bonds. The third kappa shape index (κ3) is 3.97. The third-order valence-electron chi connectivity index (χ3n) is 3.76. The molecule has 122 valence electrons. The smallest absolute Gasteiger partial charge is 0.332 e. The molecule has 2 rings (SSSR count). The van der Waals surface area contributed by atoms with Crippen LogP contribution >= 0.6 is 0 Å². The number of amides is 1. The van der Waals surface area contributed by atoms with Crippen molar-refractivity contribution in [2.24, 2.45) is 0 Å². The molecule has 7 heteroatoms. The molecular formula is C15H18F4N2O. The molecule has 0 aromatic heterocycles. The van der Waals surface area contributed by atoms with E-state index in [1.165, 1.54) is 6.07 Å². The minimum Gasteiger partial charge on any atom is -0.332 e. The average Bonchev–Trinajstić information content (AvgIpc) is 2.76. The summed E-state index contributed by atoms with van der Waals surface area (Å²) in [6.45, 7) is 0.654. The molecule has 1 saturated heterocycles. The van der Waals surface area contributed by atoms with Crippen molar-refractivity contribution in [3.63, 3.8) is 0 Å². The van der Waals surface area contributed by atoms with Gasteiger partial charge in [-0.3, -0.25) is 10.1 Å². The maximum Gasteiger partial charge on any atom is 0.406 e. The molecule has 1 aromatic carbocycles. The summed E-state index contributed by atoms with van der Waals surface area (Å²) in [5.74, 6) is -0.966. The van der Waals surface area contributed by atoms with Crippen molar-refractivity contribution in [3.8, 4) is 0 Å². The van der Waals surface area contributed by atoms with Crippen LogP contribution in [0.2, 0.25) is 0 Å². The van der Waals surface area contributed by atoms with Crippen LogP contribution in [0.4, 0.5) is 17.6 Å². The summed E-state index contributed by atoms with van der Waals surface area (Å²) in [5, 5.41) is 2.99. The molecule has 1 heterocycles. The average molecular weight is 318 g/mol. The standard InChI is InChI=1S/C15H18F4N2O/c1-2-12(10-5-3-4-6-11(10)16)20-13-7-8-21(14(13)22)9-15(17,18)19/h3-6,12-13,20H,2,7-9H2,1H3. The van der Waals surface area contributed by atoms with Crippen molar-refractivity contribution in [3.05, 3.63) is 35.6 Å². The molecule has 0 saturated carbocycles. The number of likely N-dealkylation sites (tertiary alicyclic amines) is 1. The molecule has 0 radical (unpaired) electrons. The van der Waals surface area contributed by atoms with Crippen LogP contribution in [0.1, 0.15) is 31.4 Å². The Bertz CT molecular complexity index is 533. The van der Waals surface area contributed by atoms with Gasteiger partial charge in [0.05, 0.1) is 6.04 Å². The van der Waals surface area contributed by atoms with Gasteiger partial charge in [-0.2, -0.15) is 13.2 Å². The van der Waals surface area contributed by atoms with Crippen LogP contribution in [0.5, 0.6) is 0 Å². The SMILES string of the molecule is CCC(NC1CCN(CC(F)(F)F)C1=O)c1ccccc1F. The van der Waals surface area contributed by atoms with E-state index in [4.69, 9.17) is 0 Å². The minimum absolute atomic E-state index is 0.0592. The Morgan fingerprint density at radius 1 is 1.36 bits per heavy atom. The van der Waals surface area contributed by atoms with Crippen LogP contribution in [-0.2, 0) is 4.79 Å². The molecule has 3 nitrogen and oxygen atoms in total. The second kappa shape index (κ2) is 6.64. The molecule has 1 N–H and O–H groups in total. The summed E-state index contributed by atoms with van der Waals surface area (Å²) in [4.78, 5) is 12.8. The Morgan fingerprint density at radius 3 is 2.64 bits per heavy atom. The quantitative estimate of drug-likeness (QED) is 0.847. The monoisotopic (exact) mass is 318 g/mol. The number of halogens is 4. The highest BCUT2D eigenvalue weighted by Crippen LogP contribution is 2.25. The number of hydrogen-bond donors (Lipinski definition) is 1. The first-order valence-corrected chi connectivity index (χ1v) is 7.18. The minimum atomic E-state index is -4.40. The number of hydrogen-bond acceptors (Lipinski definition) is 2. The summed E-state index contributed by atoms with van der Waals surface area (Å²) in [5.41, 5.74) is 0.423. The predicted octanol–water partition coefficient (Wildman–Crippen LogP) is 3.03. The van der Waals surface area contributed by atoms with Crippen molar-refractivity contribution < 1.29 is 22.4 Å². The molecule has 0 spiro atoms. The summed E-state index contributed by atoms with van der Waals surface area (Å²) in [6, 6.07) is 5.09. The Labute approximate surface area is 126 Å². The Balaban J connectivity index is 2.04. The van der Waals surface area contributed by atoms with Crippen LogP contribution in [0.25, 0.3) is 0 Å². The van der Waals surface area contributed by atoms with Crippen LogP contribution in [-0.4, -0.2) is 36.1 Å². The number of alkyl halides is 3. The van der Waals surface area contributed by atoms with Crippen LogP contribution in [0, 0.1) is 5.82 Å². The lowest BCUT2D eigenvalue weighted by Crippen LogP contribution is -2.43. The highest BCUT2D eigenvalue weighted by Gasteiger charge is 2.39. The van der Waals surface area contributed by atoms with Crippen molar-refractivity contribution in [2.45, 2.75) is 38.0 Å². The van der Waals surface area contributed by atoms with Crippen LogP contribution < -0.4 is 5.32 Å². The number of rotatable bonds is 5. The number of benzene rings is 1. The van der Waals surface area contributed by atoms with Gasteiger partial charge >= 0.3 is 6.18 Å². The third-order valence-corrected chi connectivity index (χ3v) is 3.76. The molecule has 2 atom stereocenters. The molecule has 1 aliphatic rings. The zero-order valence-electron chi connectivity index (χ0n) is 12.2. The van der Waals surface area contributed by atoms with Gasteiger partial charge in [0.15, 0.2) is 0 Å². The fourth-order valence-corrected chi connectivity index (χ4v) is 2.70. The normalized spacial score (nSPS) is 20.5. The summed E-state index contributed by atoms with van der Waals surface area (Å²) in [7, 11) is 0. The largest absolute Gasteiger partial charge is 0.406 e. The van der Waals surface area contributed by atoms with Gasteiger partial charge in [0.1, 0.15) is 12.4 Å². The predicted molar refractivity (Wildman–Crippen MR) is 73.6 cm³/mol. The molecule has 1 aliphatic heterocycles. The van der Waals surface area contributed by atoms with E-state index in [0.717, 1.165) is 4.90 Å². The van der Waals surface area contributed by atoms with Crippen LogP contribution in [0.3, 0.4) is 0 Å². The molecule has 0 bridgehead atoms. The van der Waals surface area contributed by atoms with Crippen molar-refractivity contribution >= 4 is 5.91 Å². The van der Waals surface area contributed by atoms with Gasteiger partial charge in [-0.1, -0.05) is 25.1 Å². The van der Waals surface area contributed by atoms with Gasteiger partial charge in [0.2, 0.25) is 5.91 Å². The van der Waals surface area contributed by atoms with Gasteiger partial charge in [-0.25, -0.2) is 4.39 Å². The lowest BCUT2D eigenvalue weighted by atomic mass is 10.0. The lowest BCUT2D eigenvalue weighted by Gasteiger charge is -2.23. The van der Waals surface area contributed by atoms with E-state index in [0.29, 0.717) is 18.4 Å². The molecule has 1 fully saturated rings. The molecule has 2 unspecified atom stereocenters.